The molecule has 1 fully saturated rings. The van der Waals surface area contributed by atoms with Crippen molar-refractivity contribution < 1.29 is 4.92 Å². The van der Waals surface area contributed by atoms with Crippen molar-refractivity contribution in [3.63, 3.8) is 0 Å². The second-order valence-corrected chi connectivity index (χ2v) is 4.01. The summed E-state index contributed by atoms with van der Waals surface area (Å²) in [6.07, 6.45) is 2.44. The second kappa shape index (κ2) is 3.98. The van der Waals surface area contributed by atoms with Crippen LogP contribution in [-0.4, -0.2) is 11.0 Å². The summed E-state index contributed by atoms with van der Waals surface area (Å²) >= 11 is 0. The van der Waals surface area contributed by atoms with E-state index in [4.69, 9.17) is 0 Å². The van der Waals surface area contributed by atoms with E-state index in [1.807, 2.05) is 13.0 Å². The predicted octanol–water partition coefficient (Wildman–Crippen LogP) is 2.41. The Bertz CT molecular complexity index is 375. The summed E-state index contributed by atoms with van der Waals surface area (Å²) in [5, 5.41) is 14.0. The number of nitrogens with zero attached hydrogens (tertiary/aromatic N) is 1. The molecule has 0 amide bonds. The van der Waals surface area contributed by atoms with Gasteiger partial charge in [-0.05, 0) is 25.3 Å². The molecular weight excluding hydrogens is 192 g/mol. The van der Waals surface area contributed by atoms with E-state index >= 15 is 0 Å². The minimum atomic E-state index is -0.354. The molecule has 2 rings (SSSR count). The van der Waals surface area contributed by atoms with E-state index < -0.39 is 0 Å². The molecule has 0 unspecified atom stereocenters. The quantitative estimate of drug-likeness (QED) is 0.608. The molecule has 4 heteroatoms. The molecule has 0 bridgehead atoms. The van der Waals surface area contributed by atoms with Crippen LogP contribution < -0.4 is 5.32 Å². The summed E-state index contributed by atoms with van der Waals surface area (Å²) in [5.41, 5.74) is 1.15. The topological polar surface area (TPSA) is 55.2 Å². The number of nitrogens with one attached hydrogen (secondary N) is 1. The average Bonchev–Trinajstić information content (AvgIpc) is 3.02. The van der Waals surface area contributed by atoms with Gasteiger partial charge in [0.2, 0.25) is 0 Å². The van der Waals surface area contributed by atoms with Gasteiger partial charge in [-0.1, -0.05) is 12.1 Å². The monoisotopic (exact) mass is 206 g/mol. The van der Waals surface area contributed by atoms with Crippen molar-refractivity contribution in [2.75, 3.05) is 0 Å². The van der Waals surface area contributed by atoms with Crippen molar-refractivity contribution in [3.05, 3.63) is 39.9 Å². The molecule has 1 aromatic rings. The Morgan fingerprint density at radius 1 is 1.53 bits per heavy atom. The van der Waals surface area contributed by atoms with Crippen LogP contribution in [0.5, 0.6) is 0 Å². The molecule has 15 heavy (non-hydrogen) atoms. The summed E-state index contributed by atoms with van der Waals surface area (Å²) in [6, 6.07) is 7.62. The number of nitro benzene ring substituents is 1. The summed E-state index contributed by atoms with van der Waals surface area (Å²) in [5.74, 6) is 0. The number of hydrogen-bond acceptors (Lipinski definition) is 3. The summed E-state index contributed by atoms with van der Waals surface area (Å²) < 4.78 is 0. The molecule has 1 saturated carbocycles. The lowest BCUT2D eigenvalue weighted by atomic mass is 10.1. The molecule has 0 aliphatic heterocycles. The van der Waals surface area contributed by atoms with Gasteiger partial charge in [-0.25, -0.2) is 0 Å². The van der Waals surface area contributed by atoms with Gasteiger partial charge in [0.05, 0.1) is 4.92 Å². The lowest BCUT2D eigenvalue weighted by Crippen LogP contribution is -2.20. The zero-order valence-electron chi connectivity index (χ0n) is 8.64. The van der Waals surface area contributed by atoms with Crippen molar-refractivity contribution in [1.29, 1.82) is 0 Å². The van der Waals surface area contributed by atoms with Gasteiger partial charge in [-0.15, -0.1) is 0 Å². The van der Waals surface area contributed by atoms with E-state index in [0.29, 0.717) is 6.04 Å². The van der Waals surface area contributed by atoms with Crippen molar-refractivity contribution in [1.82, 2.24) is 5.32 Å². The molecule has 0 spiro atoms. The second-order valence-electron chi connectivity index (χ2n) is 4.01. The van der Waals surface area contributed by atoms with E-state index in [1.165, 1.54) is 18.9 Å². The molecule has 0 heterocycles. The Morgan fingerprint density at radius 3 is 2.87 bits per heavy atom. The average molecular weight is 206 g/mol. The Hall–Kier alpha value is -1.42. The van der Waals surface area contributed by atoms with Crippen LogP contribution in [0, 0.1) is 10.1 Å². The summed E-state index contributed by atoms with van der Waals surface area (Å²) in [4.78, 5) is 10.2. The van der Waals surface area contributed by atoms with Crippen LogP contribution in [0.1, 0.15) is 31.4 Å². The lowest BCUT2D eigenvalue weighted by Gasteiger charge is -2.12. The fraction of sp³-hybridized carbons (Fsp3) is 0.455. The van der Waals surface area contributed by atoms with Gasteiger partial charge in [0.25, 0.3) is 5.69 Å². The number of benzene rings is 1. The minimum absolute atomic E-state index is 0.164. The van der Waals surface area contributed by atoms with Crippen LogP contribution in [0.4, 0.5) is 5.69 Å². The van der Waals surface area contributed by atoms with E-state index in [-0.39, 0.29) is 16.7 Å². The zero-order valence-corrected chi connectivity index (χ0v) is 8.64. The predicted molar refractivity (Wildman–Crippen MR) is 57.7 cm³/mol. The summed E-state index contributed by atoms with van der Waals surface area (Å²) in [7, 11) is 0. The lowest BCUT2D eigenvalue weighted by molar-refractivity contribution is -0.384. The molecule has 4 nitrogen and oxygen atoms in total. The Balaban J connectivity index is 2.11. The van der Waals surface area contributed by atoms with Crippen molar-refractivity contribution in [3.8, 4) is 0 Å². The highest BCUT2D eigenvalue weighted by molar-refractivity contribution is 5.35. The maximum Gasteiger partial charge on any atom is 0.269 e. The van der Waals surface area contributed by atoms with Crippen LogP contribution in [0.25, 0.3) is 0 Å². The Kier molecular flexibility index (Phi) is 2.68. The molecule has 0 radical (unpaired) electrons. The number of rotatable bonds is 4. The van der Waals surface area contributed by atoms with E-state index in [0.717, 1.165) is 5.56 Å². The first kappa shape index (κ1) is 10.1. The van der Waals surface area contributed by atoms with Crippen molar-refractivity contribution >= 4 is 5.69 Å². The normalized spacial score (nSPS) is 17.4. The van der Waals surface area contributed by atoms with Crippen molar-refractivity contribution in [2.45, 2.75) is 31.8 Å². The number of nitro groups is 1. The molecule has 1 N–H and O–H groups in total. The molecule has 1 aromatic carbocycles. The molecule has 80 valence electrons. The molecule has 1 aliphatic carbocycles. The van der Waals surface area contributed by atoms with Crippen LogP contribution in [0.2, 0.25) is 0 Å². The standard InChI is InChI=1S/C11H14N2O2/c1-8(12-10-5-6-10)9-3-2-4-11(7-9)13(14)15/h2-4,7-8,10,12H,5-6H2,1H3/t8-/m0/s1. The maximum atomic E-state index is 10.6. The first-order valence-electron chi connectivity index (χ1n) is 5.17. The van der Waals surface area contributed by atoms with Crippen molar-refractivity contribution in [2.24, 2.45) is 0 Å². The highest BCUT2D eigenvalue weighted by Crippen LogP contribution is 2.25. The molecule has 1 atom stereocenters. The van der Waals surface area contributed by atoms with E-state index in [9.17, 15) is 10.1 Å². The molecule has 0 aromatic heterocycles. The number of hydrogen-bond donors (Lipinski definition) is 1. The fourth-order valence-electron chi connectivity index (χ4n) is 1.61. The molecule has 0 saturated heterocycles. The zero-order chi connectivity index (χ0) is 10.8. The third-order valence-electron chi connectivity index (χ3n) is 2.64. The minimum Gasteiger partial charge on any atom is -0.307 e. The molecule has 1 aliphatic rings. The van der Waals surface area contributed by atoms with Gasteiger partial charge in [0.1, 0.15) is 0 Å². The third kappa shape index (κ3) is 2.53. The maximum absolute atomic E-state index is 10.6. The summed E-state index contributed by atoms with van der Waals surface area (Å²) in [6.45, 7) is 2.04. The van der Waals surface area contributed by atoms with Crippen LogP contribution in [0.3, 0.4) is 0 Å². The number of non-ortho nitro benzene ring substituents is 1. The smallest absolute Gasteiger partial charge is 0.269 e. The largest absolute Gasteiger partial charge is 0.307 e. The van der Waals surface area contributed by atoms with Gasteiger partial charge in [-0.2, -0.15) is 0 Å². The van der Waals surface area contributed by atoms with E-state index in [2.05, 4.69) is 5.32 Å². The first-order valence-corrected chi connectivity index (χ1v) is 5.17. The molecular formula is C11H14N2O2. The SMILES string of the molecule is C[C@H](NC1CC1)c1cccc([N+](=O)[O-])c1. The van der Waals surface area contributed by atoms with Crippen LogP contribution in [0.15, 0.2) is 24.3 Å². The fourth-order valence-corrected chi connectivity index (χ4v) is 1.61. The van der Waals surface area contributed by atoms with Crippen LogP contribution in [-0.2, 0) is 0 Å². The van der Waals surface area contributed by atoms with Crippen LogP contribution >= 0.6 is 0 Å². The Morgan fingerprint density at radius 2 is 2.27 bits per heavy atom. The van der Waals surface area contributed by atoms with Gasteiger partial charge < -0.3 is 5.32 Å². The highest BCUT2D eigenvalue weighted by atomic mass is 16.6. The van der Waals surface area contributed by atoms with Gasteiger partial charge in [0, 0.05) is 24.2 Å². The van der Waals surface area contributed by atoms with E-state index in [1.54, 1.807) is 12.1 Å². The first-order chi connectivity index (χ1) is 7.16. The van der Waals surface area contributed by atoms with Gasteiger partial charge in [0.15, 0.2) is 0 Å². The highest BCUT2D eigenvalue weighted by Gasteiger charge is 2.23. The third-order valence-corrected chi connectivity index (χ3v) is 2.64. The van der Waals surface area contributed by atoms with Gasteiger partial charge >= 0.3 is 0 Å². The van der Waals surface area contributed by atoms with Gasteiger partial charge in [-0.3, -0.25) is 10.1 Å². The Labute approximate surface area is 88.5 Å².